The Balaban J connectivity index is 1.80. The number of H-pyrrole nitrogens is 1. The summed E-state index contributed by atoms with van der Waals surface area (Å²) < 4.78 is 1.44. The second-order valence-corrected chi connectivity index (χ2v) is 5.57. The molecule has 2 aromatic heterocycles. The van der Waals surface area contributed by atoms with Crippen LogP contribution in [0.3, 0.4) is 0 Å². The number of hydrogen-bond acceptors (Lipinski definition) is 4. The van der Waals surface area contributed by atoms with Gasteiger partial charge in [-0.1, -0.05) is 17.7 Å². The highest BCUT2D eigenvalue weighted by Gasteiger charge is 2.11. The molecule has 1 amide bonds. The smallest absolute Gasteiger partial charge is 0.280 e. The van der Waals surface area contributed by atoms with E-state index in [1.165, 1.54) is 17.1 Å². The van der Waals surface area contributed by atoms with Crippen molar-refractivity contribution in [2.45, 2.75) is 13.8 Å². The summed E-state index contributed by atoms with van der Waals surface area (Å²) in [4.78, 5) is 28.3. The molecule has 25 heavy (non-hydrogen) atoms. The van der Waals surface area contributed by atoms with Crippen molar-refractivity contribution in [1.29, 1.82) is 0 Å². The predicted octanol–water partition coefficient (Wildman–Crippen LogP) is 1.94. The van der Waals surface area contributed by atoms with E-state index in [-0.39, 0.29) is 5.56 Å². The van der Waals surface area contributed by atoms with Gasteiger partial charge in [-0.05, 0) is 38.1 Å². The first-order valence-corrected chi connectivity index (χ1v) is 7.68. The molecule has 0 saturated heterocycles. The molecule has 3 rings (SSSR count). The molecule has 1 aromatic carbocycles. The van der Waals surface area contributed by atoms with Gasteiger partial charge in [0.05, 0.1) is 23.0 Å². The van der Waals surface area contributed by atoms with Crippen LogP contribution in [0.2, 0.25) is 0 Å². The second-order valence-electron chi connectivity index (χ2n) is 5.57. The molecule has 0 unspecified atom stereocenters. The summed E-state index contributed by atoms with van der Waals surface area (Å²) in [6.07, 6.45) is 4.36. The van der Waals surface area contributed by atoms with E-state index in [0.29, 0.717) is 16.8 Å². The fraction of sp³-hybridized carbons (Fsp3) is 0.111. The van der Waals surface area contributed by atoms with Crippen LogP contribution in [0, 0.1) is 13.8 Å². The fourth-order valence-corrected chi connectivity index (χ4v) is 2.30. The maximum Gasteiger partial charge on any atom is 0.280 e. The number of aromatic nitrogens is 3. The first-order chi connectivity index (χ1) is 12.1. The highest BCUT2D eigenvalue weighted by Crippen LogP contribution is 2.08. The van der Waals surface area contributed by atoms with E-state index >= 15 is 0 Å². The zero-order chi connectivity index (χ0) is 17.8. The summed E-state index contributed by atoms with van der Waals surface area (Å²) in [5.41, 5.74) is 5.43. The number of nitrogens with zero attached hydrogens (tertiary/aromatic N) is 3. The zero-order valence-corrected chi connectivity index (χ0v) is 13.9. The van der Waals surface area contributed by atoms with Gasteiger partial charge < -0.3 is 0 Å². The van der Waals surface area contributed by atoms with Crippen molar-refractivity contribution in [3.8, 4) is 5.69 Å². The van der Waals surface area contributed by atoms with E-state index in [4.69, 9.17) is 0 Å². The number of nitrogens with one attached hydrogen (secondary N) is 2. The minimum Gasteiger partial charge on any atom is -0.295 e. The first kappa shape index (κ1) is 16.4. The van der Waals surface area contributed by atoms with E-state index in [0.717, 1.165) is 11.3 Å². The van der Waals surface area contributed by atoms with E-state index in [1.807, 2.05) is 31.2 Å². The molecule has 2 heterocycles. The van der Waals surface area contributed by atoms with Crippen LogP contribution in [-0.4, -0.2) is 26.9 Å². The minimum absolute atomic E-state index is 0.235. The van der Waals surface area contributed by atoms with E-state index in [1.54, 1.807) is 25.3 Å². The maximum absolute atomic E-state index is 12.5. The number of pyridine rings is 1. The van der Waals surface area contributed by atoms with Crippen LogP contribution in [0.15, 0.2) is 58.7 Å². The predicted molar refractivity (Wildman–Crippen MR) is 95.2 cm³/mol. The van der Waals surface area contributed by atoms with Gasteiger partial charge in [0.1, 0.15) is 0 Å². The standard InChI is InChI=1S/C18H17N5O2/c1-12-5-7-15(8-6-12)23-18(25)16(13(2)22-23)11-20-21-17(24)14-4-3-9-19-10-14/h3-11,22H,1-2H3,(H,21,24). The zero-order valence-electron chi connectivity index (χ0n) is 13.9. The van der Waals surface area contributed by atoms with Crippen molar-refractivity contribution in [2.75, 3.05) is 0 Å². The SMILES string of the molecule is Cc1ccc(-n2[nH]c(C)c(C=NNC(=O)c3cccnc3)c2=O)cc1. The van der Waals surface area contributed by atoms with E-state index < -0.39 is 5.91 Å². The van der Waals surface area contributed by atoms with E-state index in [2.05, 4.69) is 20.6 Å². The molecule has 7 heteroatoms. The Hall–Kier alpha value is -3.48. The van der Waals surface area contributed by atoms with Crippen LogP contribution in [0.1, 0.15) is 27.2 Å². The quantitative estimate of drug-likeness (QED) is 0.564. The van der Waals surface area contributed by atoms with Crippen molar-refractivity contribution in [3.05, 3.63) is 81.5 Å². The maximum atomic E-state index is 12.5. The average molecular weight is 335 g/mol. The lowest BCUT2D eigenvalue weighted by Crippen LogP contribution is -2.20. The Labute approximate surface area is 144 Å². The Morgan fingerprint density at radius 3 is 2.68 bits per heavy atom. The van der Waals surface area contributed by atoms with Crippen LogP contribution in [0.5, 0.6) is 0 Å². The number of carbonyl (C=O) groups is 1. The van der Waals surface area contributed by atoms with Crippen LogP contribution in [0.4, 0.5) is 0 Å². The van der Waals surface area contributed by atoms with Crippen molar-refractivity contribution in [3.63, 3.8) is 0 Å². The third-order valence-corrected chi connectivity index (χ3v) is 3.69. The molecule has 0 aliphatic carbocycles. The number of rotatable bonds is 4. The van der Waals surface area contributed by atoms with Crippen molar-refractivity contribution < 1.29 is 4.79 Å². The summed E-state index contributed by atoms with van der Waals surface area (Å²) in [7, 11) is 0. The van der Waals surface area contributed by atoms with E-state index in [9.17, 15) is 9.59 Å². The third kappa shape index (κ3) is 3.55. The molecule has 0 aliphatic heterocycles. The minimum atomic E-state index is -0.392. The van der Waals surface area contributed by atoms with Crippen molar-refractivity contribution in [2.24, 2.45) is 5.10 Å². The summed E-state index contributed by atoms with van der Waals surface area (Å²) in [5.74, 6) is -0.392. The van der Waals surface area contributed by atoms with Crippen molar-refractivity contribution >= 4 is 12.1 Å². The van der Waals surface area contributed by atoms with Crippen molar-refractivity contribution in [1.82, 2.24) is 20.2 Å². The van der Waals surface area contributed by atoms with Crippen LogP contribution < -0.4 is 11.0 Å². The summed E-state index contributed by atoms with van der Waals surface area (Å²) >= 11 is 0. The summed E-state index contributed by atoms with van der Waals surface area (Å²) in [5, 5.41) is 6.88. The van der Waals surface area contributed by atoms with Crippen LogP contribution in [-0.2, 0) is 0 Å². The molecule has 7 nitrogen and oxygen atoms in total. The Bertz CT molecular complexity index is 969. The monoisotopic (exact) mass is 335 g/mol. The van der Waals surface area contributed by atoms with Gasteiger partial charge in [0, 0.05) is 18.1 Å². The molecule has 2 N–H and O–H groups in total. The number of hydrazone groups is 1. The largest absolute Gasteiger partial charge is 0.295 e. The number of aromatic amines is 1. The summed E-state index contributed by atoms with van der Waals surface area (Å²) in [6.45, 7) is 3.76. The molecule has 0 aliphatic rings. The van der Waals surface area contributed by atoms with Gasteiger partial charge in [-0.25, -0.2) is 10.1 Å². The molecule has 126 valence electrons. The van der Waals surface area contributed by atoms with Gasteiger partial charge in [-0.3, -0.25) is 19.7 Å². The molecular formula is C18H17N5O2. The molecule has 0 fully saturated rings. The number of benzene rings is 1. The number of amides is 1. The molecule has 0 saturated carbocycles. The summed E-state index contributed by atoms with van der Waals surface area (Å²) in [6, 6.07) is 10.9. The second kappa shape index (κ2) is 6.96. The highest BCUT2D eigenvalue weighted by atomic mass is 16.2. The molecule has 0 bridgehead atoms. The fourth-order valence-electron chi connectivity index (χ4n) is 2.30. The molecule has 3 aromatic rings. The van der Waals surface area contributed by atoms with Gasteiger partial charge in [0.25, 0.3) is 11.5 Å². The molecule has 0 spiro atoms. The number of hydrogen-bond donors (Lipinski definition) is 2. The Morgan fingerprint density at radius 2 is 2.00 bits per heavy atom. The normalized spacial score (nSPS) is 11.0. The van der Waals surface area contributed by atoms with Gasteiger partial charge in [0.2, 0.25) is 0 Å². The number of aryl methyl sites for hydroxylation is 2. The lowest BCUT2D eigenvalue weighted by atomic mass is 10.2. The average Bonchev–Trinajstić information content (AvgIpc) is 2.91. The first-order valence-electron chi connectivity index (χ1n) is 7.68. The lowest BCUT2D eigenvalue weighted by Gasteiger charge is -2.01. The Kier molecular flexibility index (Phi) is 4.56. The topological polar surface area (TPSA) is 92.1 Å². The lowest BCUT2D eigenvalue weighted by molar-refractivity contribution is 0.0955. The Morgan fingerprint density at radius 1 is 1.24 bits per heavy atom. The van der Waals surface area contributed by atoms with Gasteiger partial charge in [-0.15, -0.1) is 0 Å². The third-order valence-electron chi connectivity index (χ3n) is 3.69. The highest BCUT2D eigenvalue weighted by molar-refractivity contribution is 5.94. The van der Waals surface area contributed by atoms with Gasteiger partial charge in [0.15, 0.2) is 0 Å². The van der Waals surface area contributed by atoms with Gasteiger partial charge in [-0.2, -0.15) is 5.10 Å². The van der Waals surface area contributed by atoms with Gasteiger partial charge >= 0.3 is 0 Å². The molecule has 0 atom stereocenters. The van der Waals surface area contributed by atoms with Crippen LogP contribution >= 0.6 is 0 Å². The van der Waals surface area contributed by atoms with Crippen LogP contribution in [0.25, 0.3) is 5.69 Å². The molecule has 0 radical (unpaired) electrons. The molecular weight excluding hydrogens is 318 g/mol. The number of carbonyl (C=O) groups excluding carboxylic acids is 1.